The highest BCUT2D eigenvalue weighted by atomic mass is 32.2. The third-order valence-electron chi connectivity index (χ3n) is 4.54. The lowest BCUT2D eigenvalue weighted by Crippen LogP contribution is -2.28. The molecular formula is C17H23NO2S. The summed E-state index contributed by atoms with van der Waals surface area (Å²) in [5, 5.41) is 13.5. The standard InChI is InChI=1S/C17H23NO2S/c19-16-7-3-6-15(16)17(20)18-12-8-10-14(11-9-12)21-13-4-1-2-5-13/h8-11,13,15-16,19H,1-7H2,(H,18,20). The number of carbonyl (C=O) groups is 1. The van der Waals surface area contributed by atoms with Crippen LogP contribution in [0, 0.1) is 5.92 Å². The number of anilines is 1. The van der Waals surface area contributed by atoms with Crippen molar-refractivity contribution in [3.8, 4) is 0 Å². The summed E-state index contributed by atoms with van der Waals surface area (Å²) in [7, 11) is 0. The van der Waals surface area contributed by atoms with Crippen molar-refractivity contribution in [3.63, 3.8) is 0 Å². The molecule has 0 aromatic heterocycles. The van der Waals surface area contributed by atoms with Crippen LogP contribution in [0.4, 0.5) is 5.69 Å². The molecule has 2 atom stereocenters. The fraction of sp³-hybridized carbons (Fsp3) is 0.588. The summed E-state index contributed by atoms with van der Waals surface area (Å²) in [6, 6.07) is 8.11. The van der Waals surface area contributed by atoms with Gasteiger partial charge in [-0.2, -0.15) is 0 Å². The van der Waals surface area contributed by atoms with E-state index >= 15 is 0 Å². The topological polar surface area (TPSA) is 49.3 Å². The van der Waals surface area contributed by atoms with Gasteiger partial charge in [0.2, 0.25) is 5.91 Å². The summed E-state index contributed by atoms with van der Waals surface area (Å²) >= 11 is 1.95. The van der Waals surface area contributed by atoms with Gasteiger partial charge in [0.1, 0.15) is 0 Å². The third-order valence-corrected chi connectivity index (χ3v) is 5.89. The molecule has 1 aromatic carbocycles. The molecule has 0 spiro atoms. The molecule has 0 saturated heterocycles. The van der Waals surface area contributed by atoms with E-state index in [2.05, 4.69) is 17.4 Å². The van der Waals surface area contributed by atoms with Gasteiger partial charge >= 0.3 is 0 Å². The van der Waals surface area contributed by atoms with Gasteiger partial charge in [0.15, 0.2) is 0 Å². The van der Waals surface area contributed by atoms with Crippen molar-refractivity contribution >= 4 is 23.4 Å². The quantitative estimate of drug-likeness (QED) is 0.889. The van der Waals surface area contributed by atoms with Crippen LogP contribution >= 0.6 is 11.8 Å². The van der Waals surface area contributed by atoms with Gasteiger partial charge in [-0.1, -0.05) is 12.8 Å². The number of amides is 1. The van der Waals surface area contributed by atoms with Crippen molar-refractivity contribution in [1.29, 1.82) is 0 Å². The Balaban J connectivity index is 1.55. The molecule has 2 fully saturated rings. The summed E-state index contributed by atoms with van der Waals surface area (Å²) < 4.78 is 0. The average Bonchev–Trinajstić information content (AvgIpc) is 3.12. The SMILES string of the molecule is O=C(Nc1ccc(SC2CCCC2)cc1)C1CCCC1O. The molecule has 3 nitrogen and oxygen atoms in total. The molecular weight excluding hydrogens is 282 g/mol. The molecule has 2 unspecified atom stereocenters. The van der Waals surface area contributed by atoms with Gasteiger partial charge < -0.3 is 10.4 Å². The van der Waals surface area contributed by atoms with Crippen LogP contribution in [0.25, 0.3) is 0 Å². The van der Waals surface area contributed by atoms with Crippen LogP contribution in [0.1, 0.15) is 44.9 Å². The van der Waals surface area contributed by atoms with E-state index in [1.807, 2.05) is 23.9 Å². The largest absolute Gasteiger partial charge is 0.392 e. The van der Waals surface area contributed by atoms with E-state index in [-0.39, 0.29) is 11.8 Å². The molecule has 0 aliphatic heterocycles. The van der Waals surface area contributed by atoms with Crippen LogP contribution < -0.4 is 5.32 Å². The van der Waals surface area contributed by atoms with Gasteiger partial charge in [0.05, 0.1) is 12.0 Å². The van der Waals surface area contributed by atoms with Gasteiger partial charge in [-0.15, -0.1) is 11.8 Å². The van der Waals surface area contributed by atoms with Crippen LogP contribution in [-0.4, -0.2) is 22.4 Å². The maximum absolute atomic E-state index is 12.1. The summed E-state index contributed by atoms with van der Waals surface area (Å²) in [6.07, 6.45) is 7.37. The maximum Gasteiger partial charge on any atom is 0.230 e. The van der Waals surface area contributed by atoms with Crippen molar-refractivity contribution < 1.29 is 9.90 Å². The average molecular weight is 305 g/mol. The van der Waals surface area contributed by atoms with E-state index in [1.54, 1.807) is 0 Å². The summed E-state index contributed by atoms with van der Waals surface area (Å²) in [6.45, 7) is 0. The van der Waals surface area contributed by atoms with Crippen LogP contribution in [-0.2, 0) is 4.79 Å². The van der Waals surface area contributed by atoms with Gasteiger partial charge in [-0.25, -0.2) is 0 Å². The second-order valence-corrected chi connectivity index (χ2v) is 7.52. The van der Waals surface area contributed by atoms with Crippen LogP contribution in [0.2, 0.25) is 0 Å². The summed E-state index contributed by atoms with van der Waals surface area (Å²) in [4.78, 5) is 13.4. The molecule has 114 valence electrons. The normalized spacial score (nSPS) is 26.1. The van der Waals surface area contributed by atoms with Gasteiger partial charge in [0.25, 0.3) is 0 Å². The minimum absolute atomic E-state index is 0.0452. The predicted octanol–water partition coefficient (Wildman–Crippen LogP) is 3.82. The smallest absolute Gasteiger partial charge is 0.230 e. The molecule has 1 amide bonds. The predicted molar refractivity (Wildman–Crippen MR) is 86.5 cm³/mol. The zero-order valence-electron chi connectivity index (χ0n) is 12.3. The summed E-state index contributed by atoms with van der Waals surface area (Å²) in [5.74, 6) is -0.284. The Hall–Kier alpha value is -1.00. The Bertz CT molecular complexity index is 482. The Labute approximate surface area is 130 Å². The molecule has 0 bridgehead atoms. The first-order valence-electron chi connectivity index (χ1n) is 7.98. The fourth-order valence-corrected chi connectivity index (χ4v) is 4.54. The lowest BCUT2D eigenvalue weighted by Gasteiger charge is -2.15. The Morgan fingerprint density at radius 3 is 2.38 bits per heavy atom. The molecule has 2 N–H and O–H groups in total. The van der Waals surface area contributed by atoms with Crippen LogP contribution in [0.3, 0.4) is 0 Å². The molecule has 2 aliphatic carbocycles. The van der Waals surface area contributed by atoms with E-state index in [4.69, 9.17) is 0 Å². The first-order chi connectivity index (χ1) is 10.2. The molecule has 2 saturated carbocycles. The number of aliphatic hydroxyl groups excluding tert-OH is 1. The Morgan fingerprint density at radius 1 is 1.05 bits per heavy atom. The second-order valence-electron chi connectivity index (χ2n) is 6.14. The van der Waals surface area contributed by atoms with Gasteiger partial charge in [-0.05, 0) is 56.4 Å². The zero-order chi connectivity index (χ0) is 14.7. The summed E-state index contributed by atoms with van der Waals surface area (Å²) in [5.41, 5.74) is 0.829. The van der Waals surface area contributed by atoms with Gasteiger partial charge in [-0.3, -0.25) is 4.79 Å². The van der Waals surface area contributed by atoms with E-state index in [0.29, 0.717) is 0 Å². The number of aliphatic hydroxyl groups is 1. The minimum atomic E-state index is -0.470. The molecule has 2 aliphatic rings. The number of carbonyl (C=O) groups excluding carboxylic acids is 1. The van der Waals surface area contributed by atoms with Crippen molar-refractivity contribution in [1.82, 2.24) is 0 Å². The number of nitrogens with one attached hydrogen (secondary N) is 1. The Morgan fingerprint density at radius 2 is 1.76 bits per heavy atom. The highest BCUT2D eigenvalue weighted by Crippen LogP contribution is 2.35. The van der Waals surface area contributed by atoms with Crippen molar-refractivity contribution in [2.24, 2.45) is 5.92 Å². The maximum atomic E-state index is 12.1. The number of thioether (sulfide) groups is 1. The molecule has 0 heterocycles. The highest BCUT2D eigenvalue weighted by Gasteiger charge is 2.31. The minimum Gasteiger partial charge on any atom is -0.392 e. The lowest BCUT2D eigenvalue weighted by atomic mass is 10.1. The number of rotatable bonds is 4. The molecule has 1 aromatic rings. The van der Waals surface area contributed by atoms with Crippen LogP contribution in [0.15, 0.2) is 29.2 Å². The number of hydrogen-bond acceptors (Lipinski definition) is 3. The van der Waals surface area contributed by atoms with Crippen LogP contribution in [0.5, 0.6) is 0 Å². The number of benzene rings is 1. The third kappa shape index (κ3) is 3.80. The second kappa shape index (κ2) is 6.84. The van der Waals surface area contributed by atoms with E-state index in [9.17, 15) is 9.90 Å². The molecule has 0 radical (unpaired) electrons. The number of hydrogen-bond donors (Lipinski definition) is 2. The first kappa shape index (κ1) is 14.9. The highest BCUT2D eigenvalue weighted by molar-refractivity contribution is 8.00. The fourth-order valence-electron chi connectivity index (χ4n) is 3.30. The zero-order valence-corrected chi connectivity index (χ0v) is 13.1. The molecule has 4 heteroatoms. The van der Waals surface area contributed by atoms with Crippen molar-refractivity contribution in [2.45, 2.75) is 61.2 Å². The van der Waals surface area contributed by atoms with Crippen molar-refractivity contribution in [2.75, 3.05) is 5.32 Å². The van der Waals surface area contributed by atoms with E-state index in [1.165, 1.54) is 30.6 Å². The van der Waals surface area contributed by atoms with Crippen molar-refractivity contribution in [3.05, 3.63) is 24.3 Å². The molecule has 3 rings (SSSR count). The van der Waals surface area contributed by atoms with E-state index in [0.717, 1.165) is 30.2 Å². The Kier molecular flexibility index (Phi) is 4.86. The molecule has 21 heavy (non-hydrogen) atoms. The van der Waals surface area contributed by atoms with E-state index < -0.39 is 6.10 Å². The lowest BCUT2D eigenvalue weighted by molar-refractivity contribution is -0.122. The first-order valence-corrected chi connectivity index (χ1v) is 8.86. The monoisotopic (exact) mass is 305 g/mol. The van der Waals surface area contributed by atoms with Gasteiger partial charge in [0, 0.05) is 15.8 Å².